The van der Waals surface area contributed by atoms with Crippen LogP contribution in [0.2, 0.25) is 5.02 Å². The van der Waals surface area contributed by atoms with Crippen LogP contribution in [0.3, 0.4) is 0 Å². The number of hydrogen-bond acceptors (Lipinski definition) is 5. The highest BCUT2D eigenvalue weighted by atomic mass is 35.5. The van der Waals surface area contributed by atoms with E-state index in [-0.39, 0.29) is 24.4 Å². The first-order valence-electron chi connectivity index (χ1n) is 11.1. The minimum atomic E-state index is -0.603. The van der Waals surface area contributed by atoms with Gasteiger partial charge in [0.05, 0.1) is 12.7 Å². The summed E-state index contributed by atoms with van der Waals surface area (Å²) in [6.07, 6.45) is 3.12. The molecule has 3 atom stereocenters. The van der Waals surface area contributed by atoms with Crippen LogP contribution in [0.5, 0.6) is 5.75 Å². The normalized spacial score (nSPS) is 16.9. The predicted molar refractivity (Wildman–Crippen MR) is 130 cm³/mol. The third kappa shape index (κ3) is 7.38. The number of aryl methyl sites for hydroxylation is 1. The Bertz CT molecular complexity index is 877. The fraction of sp³-hybridized carbons (Fsp3) is 0.480. The maximum absolute atomic E-state index is 12.2. The van der Waals surface area contributed by atoms with Gasteiger partial charge in [-0.1, -0.05) is 43.1 Å². The molecule has 7 heteroatoms. The smallest absolute Gasteiger partial charge is 0.347 e. The van der Waals surface area contributed by atoms with Crippen LogP contribution in [-0.2, 0) is 22.4 Å². The zero-order valence-corrected chi connectivity index (χ0v) is 20.3. The summed E-state index contributed by atoms with van der Waals surface area (Å²) in [7, 11) is 0. The fourth-order valence-corrected chi connectivity index (χ4v) is 4.18. The van der Waals surface area contributed by atoms with E-state index < -0.39 is 12.2 Å². The summed E-state index contributed by atoms with van der Waals surface area (Å²) >= 11 is 6.03. The lowest BCUT2D eigenvalue weighted by Crippen LogP contribution is -2.37. The van der Waals surface area contributed by atoms with Gasteiger partial charge in [0.2, 0.25) is 0 Å². The molecule has 0 heterocycles. The molecule has 2 aromatic rings. The molecule has 0 saturated carbocycles. The summed E-state index contributed by atoms with van der Waals surface area (Å²) in [6, 6.07) is 13.7. The van der Waals surface area contributed by atoms with E-state index in [9.17, 15) is 9.90 Å². The van der Waals surface area contributed by atoms with Crippen molar-refractivity contribution >= 4 is 30.0 Å². The van der Waals surface area contributed by atoms with E-state index in [0.717, 1.165) is 31.2 Å². The molecule has 0 bridgehead atoms. The van der Waals surface area contributed by atoms with Crippen LogP contribution in [0.1, 0.15) is 55.9 Å². The maximum atomic E-state index is 12.2. The minimum Gasteiger partial charge on any atom is -0.479 e. The molecule has 0 amide bonds. The molecule has 2 N–H and O–H groups in total. The third-order valence-electron chi connectivity index (χ3n) is 5.62. The van der Waals surface area contributed by atoms with Crippen LogP contribution in [0.25, 0.3) is 0 Å². The van der Waals surface area contributed by atoms with Crippen molar-refractivity contribution in [2.24, 2.45) is 0 Å². The maximum Gasteiger partial charge on any atom is 0.347 e. The number of hydrogen-bond donors (Lipinski definition) is 2. The summed E-state index contributed by atoms with van der Waals surface area (Å²) in [5.74, 6) is 0.390. The second-order valence-electron chi connectivity index (χ2n) is 8.00. The van der Waals surface area contributed by atoms with Gasteiger partial charge in [-0.2, -0.15) is 0 Å². The first-order chi connectivity index (χ1) is 15.0. The number of carbonyl (C=O) groups excluding carboxylic acids is 1. The summed E-state index contributed by atoms with van der Waals surface area (Å²) < 4.78 is 11.1. The molecule has 1 aliphatic carbocycles. The van der Waals surface area contributed by atoms with E-state index in [1.165, 1.54) is 11.1 Å². The third-order valence-corrected chi connectivity index (χ3v) is 5.85. The second-order valence-corrected chi connectivity index (χ2v) is 8.43. The standard InChI is InChI=1S/C25H32ClNO4.ClH/c1-3-6-24(25(29)30-4-2)31-22-12-10-17-9-11-21(14-19(17)15-22)27-16-23(28)18-7-5-8-20(26)13-18;/h5,7-8,10,12-13,15,21,23-24,27-28H,3-4,6,9,11,14,16H2,1-2H3;1H. The van der Waals surface area contributed by atoms with Crippen molar-refractivity contribution in [3.05, 3.63) is 64.2 Å². The van der Waals surface area contributed by atoms with Gasteiger partial charge in [0, 0.05) is 17.6 Å². The van der Waals surface area contributed by atoms with Gasteiger partial charge in [0.15, 0.2) is 6.10 Å². The summed E-state index contributed by atoms with van der Waals surface area (Å²) in [5.41, 5.74) is 3.34. The van der Waals surface area contributed by atoms with Gasteiger partial charge >= 0.3 is 5.97 Å². The molecule has 1 aliphatic rings. The predicted octanol–water partition coefficient (Wildman–Crippen LogP) is 5.05. The number of aliphatic hydroxyl groups is 1. The molecular weight excluding hydrogens is 449 g/mol. The highest BCUT2D eigenvalue weighted by Gasteiger charge is 2.23. The van der Waals surface area contributed by atoms with Gasteiger partial charge < -0.3 is 19.9 Å². The molecule has 0 aromatic heterocycles. The van der Waals surface area contributed by atoms with Crippen molar-refractivity contribution in [1.29, 1.82) is 0 Å². The first kappa shape index (κ1) is 26.5. The number of esters is 1. The Labute approximate surface area is 201 Å². The van der Waals surface area contributed by atoms with Crippen molar-refractivity contribution in [2.75, 3.05) is 13.2 Å². The lowest BCUT2D eigenvalue weighted by molar-refractivity contribution is -0.151. The van der Waals surface area contributed by atoms with E-state index in [1.807, 2.05) is 31.2 Å². The lowest BCUT2D eigenvalue weighted by atomic mass is 9.88. The van der Waals surface area contributed by atoms with Crippen LogP contribution >= 0.6 is 24.0 Å². The number of aliphatic hydroxyl groups excluding tert-OH is 1. The van der Waals surface area contributed by atoms with Crippen molar-refractivity contribution in [3.63, 3.8) is 0 Å². The number of rotatable bonds is 10. The average Bonchev–Trinajstić information content (AvgIpc) is 2.77. The minimum absolute atomic E-state index is 0. The van der Waals surface area contributed by atoms with Gasteiger partial charge in [-0.05, 0) is 73.6 Å². The van der Waals surface area contributed by atoms with E-state index in [1.54, 1.807) is 19.1 Å². The largest absolute Gasteiger partial charge is 0.479 e. The van der Waals surface area contributed by atoms with Crippen molar-refractivity contribution < 1.29 is 19.4 Å². The van der Waals surface area contributed by atoms with E-state index in [0.29, 0.717) is 30.3 Å². The second kappa shape index (κ2) is 13.0. The Kier molecular flexibility index (Phi) is 10.8. The van der Waals surface area contributed by atoms with Gasteiger partial charge in [0.1, 0.15) is 5.75 Å². The van der Waals surface area contributed by atoms with Crippen LogP contribution in [0.4, 0.5) is 0 Å². The molecule has 0 spiro atoms. The summed E-state index contributed by atoms with van der Waals surface area (Å²) in [5, 5.41) is 14.6. The van der Waals surface area contributed by atoms with Crippen LogP contribution in [0.15, 0.2) is 42.5 Å². The molecule has 0 fully saturated rings. The van der Waals surface area contributed by atoms with Crippen LogP contribution in [-0.4, -0.2) is 36.4 Å². The number of nitrogens with one attached hydrogen (secondary N) is 1. The molecule has 0 aliphatic heterocycles. The van der Waals surface area contributed by atoms with E-state index >= 15 is 0 Å². The Morgan fingerprint density at radius 1 is 1.22 bits per heavy atom. The molecule has 0 saturated heterocycles. The zero-order chi connectivity index (χ0) is 22.2. The van der Waals surface area contributed by atoms with Crippen molar-refractivity contribution in [2.45, 2.75) is 64.2 Å². The number of benzene rings is 2. The van der Waals surface area contributed by atoms with E-state index in [4.69, 9.17) is 21.1 Å². The highest BCUT2D eigenvalue weighted by Crippen LogP contribution is 2.27. The molecule has 5 nitrogen and oxygen atoms in total. The zero-order valence-electron chi connectivity index (χ0n) is 18.7. The summed E-state index contributed by atoms with van der Waals surface area (Å²) in [4.78, 5) is 12.2. The number of fused-ring (bicyclic) bond motifs is 1. The molecule has 0 radical (unpaired) electrons. The topological polar surface area (TPSA) is 67.8 Å². The number of carbonyl (C=O) groups is 1. The Morgan fingerprint density at radius 3 is 2.75 bits per heavy atom. The van der Waals surface area contributed by atoms with Gasteiger partial charge in [-0.3, -0.25) is 0 Å². The Hall–Kier alpha value is -1.79. The van der Waals surface area contributed by atoms with Crippen molar-refractivity contribution in [1.82, 2.24) is 5.32 Å². The monoisotopic (exact) mass is 481 g/mol. The van der Waals surface area contributed by atoms with Gasteiger partial charge in [0.25, 0.3) is 0 Å². The molecule has 3 rings (SSSR count). The Morgan fingerprint density at radius 2 is 2.03 bits per heavy atom. The Balaban J connectivity index is 0.00000363. The van der Waals surface area contributed by atoms with Gasteiger partial charge in [-0.25, -0.2) is 4.79 Å². The molecule has 2 aromatic carbocycles. The lowest BCUT2D eigenvalue weighted by Gasteiger charge is -2.27. The number of ether oxygens (including phenoxy) is 2. The molecular formula is C25H33Cl2NO4. The molecule has 3 unspecified atom stereocenters. The first-order valence-corrected chi connectivity index (χ1v) is 11.5. The molecule has 176 valence electrons. The molecule has 32 heavy (non-hydrogen) atoms. The average molecular weight is 482 g/mol. The van der Waals surface area contributed by atoms with Gasteiger partial charge in [-0.15, -0.1) is 12.4 Å². The van der Waals surface area contributed by atoms with Crippen LogP contribution in [0, 0.1) is 0 Å². The highest BCUT2D eigenvalue weighted by molar-refractivity contribution is 6.30. The van der Waals surface area contributed by atoms with Crippen LogP contribution < -0.4 is 10.1 Å². The number of halogens is 2. The quantitative estimate of drug-likeness (QED) is 0.464. The fourth-order valence-electron chi connectivity index (χ4n) is 3.98. The van der Waals surface area contributed by atoms with Crippen molar-refractivity contribution in [3.8, 4) is 5.75 Å². The van der Waals surface area contributed by atoms with E-state index in [2.05, 4.69) is 11.4 Å². The SMILES string of the molecule is CCCC(Oc1ccc2c(c1)CC(NCC(O)c1cccc(Cl)c1)CC2)C(=O)OCC.Cl. The summed E-state index contributed by atoms with van der Waals surface area (Å²) in [6.45, 7) is 4.64.